The van der Waals surface area contributed by atoms with Crippen LogP contribution >= 0.6 is 11.6 Å². The number of urea groups is 1. The highest BCUT2D eigenvalue weighted by Crippen LogP contribution is 2.30. The molecule has 33 heavy (non-hydrogen) atoms. The number of carbonyl (C=O) groups excluding carboxylic acids is 2. The lowest BCUT2D eigenvalue weighted by Gasteiger charge is -2.28. The van der Waals surface area contributed by atoms with Gasteiger partial charge in [0.05, 0.1) is 6.10 Å². The number of benzene rings is 2. The fourth-order valence-corrected chi connectivity index (χ4v) is 3.71. The van der Waals surface area contributed by atoms with E-state index in [2.05, 4.69) is 5.32 Å². The van der Waals surface area contributed by atoms with Gasteiger partial charge in [0.1, 0.15) is 12.8 Å². The number of carbonyl (C=O) groups is 2. The van der Waals surface area contributed by atoms with Crippen LogP contribution in [0.4, 0.5) is 19.3 Å². The molecular formula is C24H26ClF2N3O3. The predicted octanol–water partition coefficient (Wildman–Crippen LogP) is 5.25. The van der Waals surface area contributed by atoms with Gasteiger partial charge >= 0.3 is 6.03 Å². The van der Waals surface area contributed by atoms with Gasteiger partial charge in [-0.1, -0.05) is 41.9 Å². The van der Waals surface area contributed by atoms with E-state index < -0.39 is 24.1 Å². The molecule has 0 saturated carbocycles. The van der Waals surface area contributed by atoms with E-state index in [0.717, 1.165) is 11.6 Å². The number of halogens is 3. The van der Waals surface area contributed by atoms with Crippen LogP contribution in [0.5, 0.6) is 0 Å². The topological polar surface area (TPSA) is 61.9 Å². The molecule has 0 spiro atoms. The summed E-state index contributed by atoms with van der Waals surface area (Å²) in [7, 11) is 1.65. The van der Waals surface area contributed by atoms with Crippen LogP contribution in [0, 0.1) is 0 Å². The standard InChI is InChI=1S/C24H26ClF2N3O3/c1-4-13-24(26,27)18-7-11-20(12-8-18)28-23(32)30-15-33-16(2)21(30)22(31)29(3)14-17-5-9-19(25)10-6-17/h4-13,16,21H,14-15H2,1-3H3,(H,28,32)/b13-4+/t16-,21?/m1/s1. The molecule has 1 N–H and O–H groups in total. The number of rotatable bonds is 6. The summed E-state index contributed by atoms with van der Waals surface area (Å²) < 4.78 is 33.5. The molecule has 1 aliphatic rings. The molecule has 0 bridgehead atoms. The Morgan fingerprint density at radius 1 is 1.21 bits per heavy atom. The molecule has 0 aliphatic carbocycles. The number of ether oxygens (including phenoxy) is 1. The lowest BCUT2D eigenvalue weighted by Crippen LogP contribution is -2.51. The first-order chi connectivity index (χ1) is 15.6. The molecule has 1 fully saturated rings. The fourth-order valence-electron chi connectivity index (χ4n) is 3.59. The lowest BCUT2D eigenvalue weighted by molar-refractivity contribution is -0.135. The molecule has 6 nitrogen and oxygen atoms in total. The second-order valence-electron chi connectivity index (χ2n) is 7.87. The van der Waals surface area contributed by atoms with Gasteiger partial charge in [-0.2, -0.15) is 8.78 Å². The Morgan fingerprint density at radius 3 is 2.45 bits per heavy atom. The van der Waals surface area contributed by atoms with Crippen molar-refractivity contribution in [2.24, 2.45) is 0 Å². The second-order valence-corrected chi connectivity index (χ2v) is 8.30. The van der Waals surface area contributed by atoms with Crippen molar-refractivity contribution >= 4 is 29.2 Å². The van der Waals surface area contributed by atoms with Crippen LogP contribution in [0.2, 0.25) is 5.02 Å². The van der Waals surface area contributed by atoms with E-state index in [-0.39, 0.29) is 18.2 Å². The molecule has 0 radical (unpaired) electrons. The van der Waals surface area contributed by atoms with Crippen molar-refractivity contribution < 1.29 is 23.1 Å². The Kier molecular flexibility index (Phi) is 7.71. The third-order valence-corrected chi connectivity index (χ3v) is 5.63. The highest BCUT2D eigenvalue weighted by Gasteiger charge is 2.42. The van der Waals surface area contributed by atoms with Crippen molar-refractivity contribution in [1.29, 1.82) is 0 Å². The van der Waals surface area contributed by atoms with Crippen molar-refractivity contribution in [1.82, 2.24) is 9.80 Å². The summed E-state index contributed by atoms with van der Waals surface area (Å²) >= 11 is 5.91. The predicted molar refractivity (Wildman–Crippen MR) is 123 cm³/mol. The van der Waals surface area contributed by atoms with E-state index in [1.54, 1.807) is 26.1 Å². The number of alkyl halides is 2. The Hall–Kier alpha value is -2.97. The van der Waals surface area contributed by atoms with E-state index in [4.69, 9.17) is 16.3 Å². The Balaban J connectivity index is 1.68. The minimum atomic E-state index is -3.10. The number of likely N-dealkylation sites (N-methyl/N-ethyl adjacent to an activating group) is 1. The average molecular weight is 478 g/mol. The average Bonchev–Trinajstić information content (AvgIpc) is 3.16. The van der Waals surface area contributed by atoms with Gasteiger partial charge in [0, 0.05) is 29.9 Å². The van der Waals surface area contributed by atoms with Crippen LogP contribution in [0.3, 0.4) is 0 Å². The summed E-state index contributed by atoms with van der Waals surface area (Å²) in [6.45, 7) is 3.53. The van der Waals surface area contributed by atoms with Gasteiger partial charge in [-0.15, -0.1) is 0 Å². The maximum Gasteiger partial charge on any atom is 0.324 e. The van der Waals surface area contributed by atoms with Crippen LogP contribution in [0.25, 0.3) is 0 Å². The van der Waals surface area contributed by atoms with Gasteiger partial charge in [-0.3, -0.25) is 9.69 Å². The molecular weight excluding hydrogens is 452 g/mol. The zero-order valence-corrected chi connectivity index (χ0v) is 19.4. The number of nitrogens with one attached hydrogen (secondary N) is 1. The molecule has 0 aromatic heterocycles. The first-order valence-electron chi connectivity index (χ1n) is 10.4. The van der Waals surface area contributed by atoms with Gasteiger partial charge in [0.2, 0.25) is 5.91 Å². The van der Waals surface area contributed by atoms with Crippen molar-refractivity contribution in [3.05, 3.63) is 76.8 Å². The minimum absolute atomic E-state index is 0.0599. The first kappa shape index (κ1) is 24.7. The fraction of sp³-hybridized carbons (Fsp3) is 0.333. The zero-order valence-electron chi connectivity index (χ0n) is 18.6. The maximum atomic E-state index is 14.0. The van der Waals surface area contributed by atoms with Gasteiger partial charge in [-0.25, -0.2) is 4.79 Å². The van der Waals surface area contributed by atoms with Crippen molar-refractivity contribution in [2.75, 3.05) is 19.1 Å². The number of amides is 3. The third kappa shape index (κ3) is 5.89. The molecule has 2 atom stereocenters. The number of hydrogen-bond acceptors (Lipinski definition) is 3. The number of hydrogen-bond donors (Lipinski definition) is 1. The van der Waals surface area contributed by atoms with Crippen LogP contribution in [-0.4, -0.2) is 47.7 Å². The summed E-state index contributed by atoms with van der Waals surface area (Å²) in [4.78, 5) is 28.8. The van der Waals surface area contributed by atoms with E-state index in [0.29, 0.717) is 17.3 Å². The molecule has 176 valence electrons. The summed E-state index contributed by atoms with van der Waals surface area (Å²) in [5.41, 5.74) is 1.04. The SMILES string of the molecule is C/C=C/C(F)(F)c1ccc(NC(=O)N2CO[C@H](C)C2C(=O)N(C)Cc2ccc(Cl)cc2)cc1. The minimum Gasteiger partial charge on any atom is -0.355 e. The van der Waals surface area contributed by atoms with Crippen molar-refractivity contribution in [3.63, 3.8) is 0 Å². The molecule has 1 unspecified atom stereocenters. The second kappa shape index (κ2) is 10.3. The van der Waals surface area contributed by atoms with E-state index in [1.165, 1.54) is 47.1 Å². The Morgan fingerprint density at radius 2 is 1.85 bits per heavy atom. The summed E-state index contributed by atoms with van der Waals surface area (Å²) in [6, 6.07) is 11.1. The smallest absolute Gasteiger partial charge is 0.324 e. The lowest BCUT2D eigenvalue weighted by atomic mass is 10.1. The molecule has 3 rings (SSSR count). The van der Waals surface area contributed by atoms with Crippen LogP contribution in [0.1, 0.15) is 25.0 Å². The summed E-state index contributed by atoms with van der Waals surface area (Å²) in [5.74, 6) is -3.37. The molecule has 1 saturated heterocycles. The highest BCUT2D eigenvalue weighted by atomic mass is 35.5. The maximum absolute atomic E-state index is 14.0. The van der Waals surface area contributed by atoms with E-state index >= 15 is 0 Å². The van der Waals surface area contributed by atoms with E-state index in [1.807, 2.05) is 12.1 Å². The van der Waals surface area contributed by atoms with Gasteiger partial charge in [0.15, 0.2) is 0 Å². The zero-order chi connectivity index (χ0) is 24.2. The van der Waals surface area contributed by atoms with Crippen molar-refractivity contribution in [2.45, 2.75) is 38.5 Å². The molecule has 9 heteroatoms. The number of allylic oxidation sites excluding steroid dienone is 2. The Labute approximate surface area is 196 Å². The molecule has 1 heterocycles. The number of anilines is 1. The normalized spacial score (nSPS) is 18.5. The van der Waals surface area contributed by atoms with Gasteiger partial charge in [-0.05, 0) is 49.8 Å². The highest BCUT2D eigenvalue weighted by molar-refractivity contribution is 6.30. The van der Waals surface area contributed by atoms with Crippen LogP contribution in [0.15, 0.2) is 60.7 Å². The molecule has 2 aromatic carbocycles. The summed E-state index contributed by atoms with van der Waals surface area (Å²) in [5, 5.41) is 3.26. The quantitative estimate of drug-likeness (QED) is 0.578. The molecule has 3 amide bonds. The van der Waals surface area contributed by atoms with Gasteiger partial charge < -0.3 is 15.0 Å². The summed E-state index contributed by atoms with van der Waals surface area (Å²) in [6.07, 6.45) is 1.59. The number of nitrogens with zero attached hydrogens (tertiary/aromatic N) is 2. The molecule has 2 aromatic rings. The Bertz CT molecular complexity index is 1010. The monoisotopic (exact) mass is 477 g/mol. The van der Waals surface area contributed by atoms with E-state index in [9.17, 15) is 18.4 Å². The largest absolute Gasteiger partial charge is 0.355 e. The van der Waals surface area contributed by atoms with Crippen LogP contribution in [-0.2, 0) is 22.0 Å². The van der Waals surface area contributed by atoms with Crippen LogP contribution < -0.4 is 5.32 Å². The third-order valence-electron chi connectivity index (χ3n) is 5.38. The first-order valence-corrected chi connectivity index (χ1v) is 10.8. The molecule has 1 aliphatic heterocycles. The van der Waals surface area contributed by atoms with Gasteiger partial charge in [0.25, 0.3) is 5.92 Å². The van der Waals surface area contributed by atoms with Crippen molar-refractivity contribution in [3.8, 4) is 0 Å².